The number of ether oxygens (including phenoxy) is 1. The maximum atomic E-state index is 6.13. The number of aryl methyl sites for hydroxylation is 1. The second-order valence-electron chi connectivity index (χ2n) is 9.51. The monoisotopic (exact) mass is 422 g/mol. The molecule has 0 amide bonds. The molecule has 0 spiro atoms. The van der Waals surface area contributed by atoms with Gasteiger partial charge in [0, 0.05) is 17.8 Å². The number of nitrogens with zero attached hydrogens (tertiary/aromatic N) is 2. The summed E-state index contributed by atoms with van der Waals surface area (Å²) in [5, 5.41) is 0. The van der Waals surface area contributed by atoms with E-state index in [1.54, 1.807) is 0 Å². The van der Waals surface area contributed by atoms with E-state index < -0.39 is 0 Å². The molecular weight excluding hydrogens is 380 g/mol. The Morgan fingerprint density at radius 2 is 1.71 bits per heavy atom. The summed E-state index contributed by atoms with van der Waals surface area (Å²) < 4.78 is 6.13. The summed E-state index contributed by atoms with van der Waals surface area (Å²) in [6.07, 6.45) is 15.6. The molecule has 1 saturated carbocycles. The Hall–Kier alpha value is -1.90. The van der Waals surface area contributed by atoms with Gasteiger partial charge < -0.3 is 4.74 Å². The SMILES string of the molecule is CCCCCCc1ccc(OC[C@H]2CC[C@H](c3nccc(C(C)CCC)n3)CC2)cc1. The van der Waals surface area contributed by atoms with Crippen molar-refractivity contribution >= 4 is 0 Å². The highest BCUT2D eigenvalue weighted by molar-refractivity contribution is 5.27. The van der Waals surface area contributed by atoms with Crippen LogP contribution in [0, 0.1) is 5.92 Å². The van der Waals surface area contributed by atoms with Crippen molar-refractivity contribution in [2.75, 3.05) is 6.61 Å². The van der Waals surface area contributed by atoms with Crippen molar-refractivity contribution in [2.45, 2.75) is 103 Å². The molecule has 2 aromatic rings. The second kappa shape index (κ2) is 12.8. The van der Waals surface area contributed by atoms with E-state index in [1.165, 1.54) is 81.9 Å². The van der Waals surface area contributed by atoms with Gasteiger partial charge in [-0.3, -0.25) is 0 Å². The number of benzene rings is 1. The predicted octanol–water partition coefficient (Wildman–Crippen LogP) is 7.86. The minimum absolute atomic E-state index is 0.511. The van der Waals surface area contributed by atoms with Crippen LogP contribution in [0.5, 0.6) is 5.75 Å². The van der Waals surface area contributed by atoms with Gasteiger partial charge in [-0.2, -0.15) is 0 Å². The fraction of sp³-hybridized carbons (Fsp3) is 0.643. The number of hydrogen-bond donors (Lipinski definition) is 0. The first-order chi connectivity index (χ1) is 15.2. The number of hydrogen-bond acceptors (Lipinski definition) is 3. The number of unbranched alkanes of at least 4 members (excludes halogenated alkanes) is 3. The van der Waals surface area contributed by atoms with Crippen LogP contribution < -0.4 is 4.74 Å². The Morgan fingerprint density at radius 3 is 2.42 bits per heavy atom. The van der Waals surface area contributed by atoms with Crippen LogP contribution in [0.2, 0.25) is 0 Å². The molecule has 3 heteroatoms. The van der Waals surface area contributed by atoms with Crippen LogP contribution in [0.1, 0.15) is 114 Å². The average molecular weight is 423 g/mol. The van der Waals surface area contributed by atoms with Crippen molar-refractivity contribution in [3.05, 3.63) is 53.6 Å². The van der Waals surface area contributed by atoms with Gasteiger partial charge in [-0.15, -0.1) is 0 Å². The molecule has 31 heavy (non-hydrogen) atoms. The normalized spacial score (nSPS) is 19.8. The predicted molar refractivity (Wildman–Crippen MR) is 130 cm³/mol. The van der Waals surface area contributed by atoms with Gasteiger partial charge in [0.05, 0.1) is 6.61 Å². The van der Waals surface area contributed by atoms with Crippen LogP contribution >= 0.6 is 0 Å². The zero-order valence-corrected chi connectivity index (χ0v) is 20.0. The lowest BCUT2D eigenvalue weighted by atomic mass is 9.82. The van der Waals surface area contributed by atoms with Gasteiger partial charge in [0.2, 0.25) is 0 Å². The summed E-state index contributed by atoms with van der Waals surface area (Å²) in [5.74, 6) is 3.76. The summed E-state index contributed by atoms with van der Waals surface area (Å²) in [7, 11) is 0. The molecule has 1 aliphatic carbocycles. The minimum atomic E-state index is 0.511. The van der Waals surface area contributed by atoms with Gasteiger partial charge >= 0.3 is 0 Å². The van der Waals surface area contributed by atoms with Crippen molar-refractivity contribution in [2.24, 2.45) is 5.92 Å². The van der Waals surface area contributed by atoms with E-state index in [-0.39, 0.29) is 0 Å². The van der Waals surface area contributed by atoms with E-state index in [0.717, 1.165) is 18.2 Å². The molecule has 0 radical (unpaired) electrons. The Morgan fingerprint density at radius 1 is 0.935 bits per heavy atom. The fourth-order valence-electron chi connectivity index (χ4n) is 4.75. The third-order valence-electron chi connectivity index (χ3n) is 6.86. The van der Waals surface area contributed by atoms with Crippen molar-refractivity contribution in [1.29, 1.82) is 0 Å². The number of rotatable bonds is 12. The van der Waals surface area contributed by atoms with Crippen LogP contribution in [-0.2, 0) is 6.42 Å². The zero-order valence-electron chi connectivity index (χ0n) is 20.0. The summed E-state index contributed by atoms with van der Waals surface area (Å²) >= 11 is 0. The summed E-state index contributed by atoms with van der Waals surface area (Å²) in [6.45, 7) is 7.61. The smallest absolute Gasteiger partial charge is 0.131 e. The zero-order chi connectivity index (χ0) is 21.9. The van der Waals surface area contributed by atoms with Gasteiger partial charge in [0.15, 0.2) is 0 Å². The van der Waals surface area contributed by atoms with Crippen molar-refractivity contribution in [3.63, 3.8) is 0 Å². The quantitative estimate of drug-likeness (QED) is 0.327. The first-order valence-electron chi connectivity index (χ1n) is 12.7. The fourth-order valence-corrected chi connectivity index (χ4v) is 4.75. The summed E-state index contributed by atoms with van der Waals surface area (Å²) in [4.78, 5) is 9.55. The van der Waals surface area contributed by atoms with Crippen LogP contribution in [0.15, 0.2) is 36.5 Å². The molecule has 0 saturated heterocycles. The molecule has 1 aromatic heterocycles. The highest BCUT2D eigenvalue weighted by atomic mass is 16.5. The van der Waals surface area contributed by atoms with E-state index in [0.29, 0.717) is 17.8 Å². The topological polar surface area (TPSA) is 35.0 Å². The lowest BCUT2D eigenvalue weighted by molar-refractivity contribution is 0.198. The van der Waals surface area contributed by atoms with E-state index in [2.05, 4.69) is 56.1 Å². The Kier molecular flexibility index (Phi) is 9.84. The average Bonchev–Trinajstić information content (AvgIpc) is 2.82. The third kappa shape index (κ3) is 7.63. The first-order valence-corrected chi connectivity index (χ1v) is 12.7. The molecule has 1 aromatic carbocycles. The number of aromatic nitrogens is 2. The summed E-state index contributed by atoms with van der Waals surface area (Å²) in [5.41, 5.74) is 2.64. The standard InChI is InChI=1S/C28H42N2O/c1-4-6-7-8-10-23-13-17-26(18-14-23)31-21-24-11-15-25(16-12-24)28-29-20-19-27(30-28)22(3)9-5-2/h13-14,17-20,22,24-25H,4-12,15-16,21H2,1-3H3/t22?,24-,25-. The van der Waals surface area contributed by atoms with E-state index in [4.69, 9.17) is 9.72 Å². The van der Waals surface area contributed by atoms with Crippen molar-refractivity contribution in [3.8, 4) is 5.75 Å². The molecule has 1 unspecified atom stereocenters. The van der Waals surface area contributed by atoms with Crippen LogP contribution in [0.25, 0.3) is 0 Å². The molecule has 1 atom stereocenters. The Labute approximate surface area is 190 Å². The minimum Gasteiger partial charge on any atom is -0.493 e. The van der Waals surface area contributed by atoms with E-state index >= 15 is 0 Å². The van der Waals surface area contributed by atoms with Crippen LogP contribution in [-0.4, -0.2) is 16.6 Å². The molecule has 3 nitrogen and oxygen atoms in total. The molecule has 1 heterocycles. The highest BCUT2D eigenvalue weighted by Gasteiger charge is 2.25. The Bertz CT molecular complexity index is 750. The van der Waals surface area contributed by atoms with Crippen LogP contribution in [0.4, 0.5) is 0 Å². The molecule has 1 aliphatic rings. The Balaban J connectivity index is 1.41. The van der Waals surface area contributed by atoms with Gasteiger partial charge in [-0.1, -0.05) is 58.6 Å². The largest absolute Gasteiger partial charge is 0.493 e. The van der Waals surface area contributed by atoms with Crippen molar-refractivity contribution < 1.29 is 4.74 Å². The highest BCUT2D eigenvalue weighted by Crippen LogP contribution is 2.35. The first kappa shape index (κ1) is 23.8. The van der Waals surface area contributed by atoms with Gasteiger partial charge in [0.25, 0.3) is 0 Å². The molecule has 1 fully saturated rings. The third-order valence-corrected chi connectivity index (χ3v) is 6.86. The molecule has 0 aliphatic heterocycles. The molecule has 3 rings (SSSR count). The maximum absolute atomic E-state index is 6.13. The van der Waals surface area contributed by atoms with Gasteiger partial charge in [-0.05, 0) is 80.5 Å². The second-order valence-corrected chi connectivity index (χ2v) is 9.51. The lowest BCUT2D eigenvalue weighted by Gasteiger charge is -2.28. The maximum Gasteiger partial charge on any atom is 0.131 e. The molecule has 0 bridgehead atoms. The van der Waals surface area contributed by atoms with E-state index in [9.17, 15) is 0 Å². The van der Waals surface area contributed by atoms with E-state index in [1.807, 2.05) is 6.20 Å². The van der Waals surface area contributed by atoms with Crippen LogP contribution in [0.3, 0.4) is 0 Å². The molecule has 170 valence electrons. The van der Waals surface area contributed by atoms with Crippen molar-refractivity contribution in [1.82, 2.24) is 9.97 Å². The molecule has 0 N–H and O–H groups in total. The summed E-state index contributed by atoms with van der Waals surface area (Å²) in [6, 6.07) is 10.9. The molecular formula is C28H42N2O. The lowest BCUT2D eigenvalue weighted by Crippen LogP contribution is -2.20. The van der Waals surface area contributed by atoms with Gasteiger partial charge in [-0.25, -0.2) is 9.97 Å². The van der Waals surface area contributed by atoms with Gasteiger partial charge in [0.1, 0.15) is 11.6 Å².